The van der Waals surface area contributed by atoms with E-state index in [0.29, 0.717) is 5.56 Å². The number of carbonyl (C=O) groups excluding carboxylic acids is 1. The third kappa shape index (κ3) is 2.97. The molecule has 0 unspecified atom stereocenters. The summed E-state index contributed by atoms with van der Waals surface area (Å²) in [6.07, 6.45) is -1.15. The maximum absolute atomic E-state index is 11.3. The van der Waals surface area contributed by atoms with Crippen molar-refractivity contribution in [1.29, 1.82) is 0 Å². The molecule has 0 bridgehead atoms. The third-order valence-electron chi connectivity index (χ3n) is 1.69. The van der Waals surface area contributed by atoms with Crippen LogP contribution >= 0.6 is 0 Å². The number of hydrogen-bond donors (Lipinski definition) is 1. The molecule has 4 heteroatoms. The average molecular weight is 210 g/mol. The minimum absolute atomic E-state index is 0.544. The lowest BCUT2D eigenvalue weighted by Gasteiger charge is -2.12. The van der Waals surface area contributed by atoms with Crippen LogP contribution in [0.5, 0.6) is 0 Å². The highest BCUT2D eigenvalue weighted by atomic mass is 28.3. The summed E-state index contributed by atoms with van der Waals surface area (Å²) in [4.78, 5) is 11.3. The van der Waals surface area contributed by atoms with Gasteiger partial charge in [0.1, 0.15) is 0 Å². The Morgan fingerprint density at radius 1 is 1.36 bits per heavy atom. The number of hydrogen-bond acceptors (Lipinski definition) is 3. The van der Waals surface area contributed by atoms with Gasteiger partial charge in [-0.3, -0.25) is 4.79 Å². The van der Waals surface area contributed by atoms with E-state index in [1.54, 1.807) is 24.3 Å². The predicted molar refractivity (Wildman–Crippen MR) is 56.4 cm³/mol. The highest BCUT2D eigenvalue weighted by molar-refractivity contribution is 6.50. The lowest BCUT2D eigenvalue weighted by atomic mass is 10.1. The molecule has 1 aromatic rings. The summed E-state index contributed by atoms with van der Waals surface area (Å²) in [5.41, 5.74) is 0.576. The van der Waals surface area contributed by atoms with Crippen LogP contribution in [-0.2, 0) is 9.22 Å². The van der Waals surface area contributed by atoms with Crippen LogP contribution in [0.4, 0.5) is 0 Å². The molecule has 14 heavy (non-hydrogen) atoms. The van der Waals surface area contributed by atoms with Gasteiger partial charge in [0.25, 0.3) is 0 Å². The third-order valence-corrected chi connectivity index (χ3v) is 2.39. The molecule has 1 atom stereocenters. The summed E-state index contributed by atoms with van der Waals surface area (Å²) < 4.78 is 5.02. The Balaban J connectivity index is 2.66. The zero-order chi connectivity index (χ0) is 10.6. The Kier molecular flexibility index (Phi) is 3.85. The lowest BCUT2D eigenvalue weighted by molar-refractivity contribution is -0.144. The van der Waals surface area contributed by atoms with Crippen LogP contribution < -0.4 is 0 Å². The fourth-order valence-electron chi connectivity index (χ4n) is 1.07. The van der Waals surface area contributed by atoms with Gasteiger partial charge in [-0.1, -0.05) is 30.3 Å². The molecule has 1 aromatic carbocycles. The molecule has 0 aliphatic heterocycles. The Labute approximate surface area is 85.1 Å². The first-order chi connectivity index (χ1) is 6.61. The van der Waals surface area contributed by atoms with E-state index in [9.17, 15) is 9.90 Å². The van der Waals surface area contributed by atoms with Gasteiger partial charge < -0.3 is 9.53 Å². The van der Waals surface area contributed by atoms with E-state index in [1.165, 1.54) is 0 Å². The second kappa shape index (κ2) is 4.93. The lowest BCUT2D eigenvalue weighted by Crippen LogP contribution is -2.21. The van der Waals surface area contributed by atoms with Crippen LogP contribution in [0.15, 0.2) is 30.3 Å². The van der Waals surface area contributed by atoms with E-state index in [0.717, 1.165) is 0 Å². The van der Waals surface area contributed by atoms with Crippen molar-refractivity contribution in [3.8, 4) is 0 Å². The fraction of sp³-hybridized carbons (Fsp3) is 0.300. The highest BCUT2D eigenvalue weighted by Crippen LogP contribution is 2.13. The number of rotatable bonds is 3. The molecule has 1 N–H and O–H groups in total. The molecular formula is C10H14O3Si. The highest BCUT2D eigenvalue weighted by Gasteiger charge is 2.19. The molecule has 0 spiro atoms. The van der Waals surface area contributed by atoms with Crippen molar-refractivity contribution >= 4 is 15.0 Å². The Bertz CT molecular complexity index is 297. The van der Waals surface area contributed by atoms with E-state index >= 15 is 0 Å². The van der Waals surface area contributed by atoms with Crippen molar-refractivity contribution < 1.29 is 14.3 Å². The fourth-order valence-corrected chi connectivity index (χ4v) is 1.66. The standard InChI is InChI=1S/C10H14O3Si/c1-14(2)13-10(12)9(11)8-6-4-3-5-7-8/h3-7,9,11,14H,1-2H3/t9-/m0/s1. The minimum Gasteiger partial charge on any atom is -0.520 e. The average Bonchev–Trinajstić information content (AvgIpc) is 2.17. The molecular weight excluding hydrogens is 196 g/mol. The number of aliphatic hydroxyl groups is 1. The van der Waals surface area contributed by atoms with Crippen molar-refractivity contribution in [3.05, 3.63) is 35.9 Å². The minimum atomic E-state index is -1.42. The van der Waals surface area contributed by atoms with Crippen LogP contribution in [0.3, 0.4) is 0 Å². The van der Waals surface area contributed by atoms with Gasteiger partial charge in [0.2, 0.25) is 9.04 Å². The summed E-state index contributed by atoms with van der Waals surface area (Å²) >= 11 is 0. The zero-order valence-electron chi connectivity index (χ0n) is 8.31. The smallest absolute Gasteiger partial charge is 0.326 e. The number of carbonyl (C=O) groups is 1. The van der Waals surface area contributed by atoms with Gasteiger partial charge in [-0.2, -0.15) is 0 Å². The molecule has 3 nitrogen and oxygen atoms in total. The number of benzene rings is 1. The van der Waals surface area contributed by atoms with Gasteiger partial charge in [0.15, 0.2) is 6.10 Å². The SMILES string of the molecule is C[SiH](C)OC(=O)[C@@H](O)c1ccccc1. The molecule has 0 fully saturated rings. The topological polar surface area (TPSA) is 46.5 Å². The van der Waals surface area contributed by atoms with Crippen LogP contribution in [0.1, 0.15) is 11.7 Å². The van der Waals surface area contributed by atoms with E-state index in [-0.39, 0.29) is 0 Å². The van der Waals surface area contributed by atoms with Gasteiger partial charge in [-0.05, 0) is 18.7 Å². The van der Waals surface area contributed by atoms with Crippen molar-refractivity contribution in [2.75, 3.05) is 0 Å². The van der Waals surface area contributed by atoms with Crippen LogP contribution in [-0.4, -0.2) is 20.1 Å². The van der Waals surface area contributed by atoms with Gasteiger partial charge >= 0.3 is 5.97 Å². The summed E-state index contributed by atoms with van der Waals surface area (Å²) in [7, 11) is -1.42. The van der Waals surface area contributed by atoms with Crippen molar-refractivity contribution in [3.63, 3.8) is 0 Å². The summed E-state index contributed by atoms with van der Waals surface area (Å²) in [6, 6.07) is 8.79. The van der Waals surface area contributed by atoms with Crippen molar-refractivity contribution in [2.24, 2.45) is 0 Å². The maximum Gasteiger partial charge on any atom is 0.326 e. The molecule has 0 heterocycles. The molecule has 0 aliphatic carbocycles. The summed E-state index contributed by atoms with van der Waals surface area (Å²) in [5, 5.41) is 9.59. The van der Waals surface area contributed by atoms with Gasteiger partial charge in [-0.15, -0.1) is 0 Å². The van der Waals surface area contributed by atoms with Crippen LogP contribution in [0, 0.1) is 0 Å². The molecule has 0 amide bonds. The Hall–Kier alpha value is -1.13. The van der Waals surface area contributed by atoms with Crippen LogP contribution in [0.25, 0.3) is 0 Å². The van der Waals surface area contributed by atoms with Gasteiger partial charge in [0.05, 0.1) is 0 Å². The van der Waals surface area contributed by atoms with Gasteiger partial charge in [-0.25, -0.2) is 0 Å². The normalized spacial score (nSPS) is 12.6. The molecule has 76 valence electrons. The predicted octanol–water partition coefficient (Wildman–Crippen LogP) is 1.25. The first-order valence-corrected chi connectivity index (χ1v) is 7.33. The second-order valence-electron chi connectivity index (χ2n) is 3.30. The van der Waals surface area contributed by atoms with E-state index in [2.05, 4.69) is 0 Å². The Morgan fingerprint density at radius 3 is 2.43 bits per heavy atom. The monoisotopic (exact) mass is 210 g/mol. The second-order valence-corrected chi connectivity index (χ2v) is 5.63. The summed E-state index contributed by atoms with van der Waals surface area (Å²) in [6.45, 7) is 3.77. The maximum atomic E-state index is 11.3. The van der Waals surface area contributed by atoms with E-state index in [1.807, 2.05) is 19.2 Å². The largest absolute Gasteiger partial charge is 0.520 e. The first-order valence-electron chi connectivity index (χ1n) is 4.54. The van der Waals surface area contributed by atoms with E-state index in [4.69, 9.17) is 4.43 Å². The molecule has 0 radical (unpaired) electrons. The van der Waals surface area contributed by atoms with E-state index < -0.39 is 21.1 Å². The Morgan fingerprint density at radius 2 is 1.93 bits per heavy atom. The first kappa shape index (κ1) is 10.9. The molecule has 0 aromatic heterocycles. The van der Waals surface area contributed by atoms with Gasteiger partial charge in [0, 0.05) is 0 Å². The molecule has 1 rings (SSSR count). The van der Waals surface area contributed by atoms with Crippen LogP contribution in [0.2, 0.25) is 13.1 Å². The quantitative estimate of drug-likeness (QED) is 0.764. The number of aliphatic hydroxyl groups excluding tert-OH is 1. The molecule has 0 aliphatic rings. The molecule has 0 saturated heterocycles. The molecule has 0 saturated carbocycles. The van der Waals surface area contributed by atoms with Crippen molar-refractivity contribution in [1.82, 2.24) is 0 Å². The zero-order valence-corrected chi connectivity index (χ0v) is 9.46. The summed E-state index contributed by atoms with van der Waals surface area (Å²) in [5.74, 6) is -0.544. The van der Waals surface area contributed by atoms with Crippen molar-refractivity contribution in [2.45, 2.75) is 19.2 Å².